The van der Waals surface area contributed by atoms with E-state index in [4.69, 9.17) is 9.47 Å². The van der Waals surface area contributed by atoms with Gasteiger partial charge < -0.3 is 14.8 Å². The highest BCUT2D eigenvalue weighted by molar-refractivity contribution is 7.20. The molecule has 1 N–H and O–H groups in total. The number of fused-ring (bicyclic) bond motifs is 1. The van der Waals surface area contributed by atoms with Crippen molar-refractivity contribution in [1.29, 1.82) is 0 Å². The quantitative estimate of drug-likeness (QED) is 0.832. The number of likely N-dealkylation sites (tertiary alicyclic amines) is 1. The smallest absolute Gasteiger partial charge is 0.261 e. The largest absolute Gasteiger partial charge is 0.480 e. The molecule has 2 aromatic rings. The van der Waals surface area contributed by atoms with Crippen molar-refractivity contribution in [2.24, 2.45) is 0 Å². The zero-order chi connectivity index (χ0) is 18.8. The number of aromatic nitrogens is 2. The van der Waals surface area contributed by atoms with Crippen LogP contribution < -0.4 is 10.1 Å². The molecule has 3 rings (SSSR count). The van der Waals surface area contributed by atoms with Crippen molar-refractivity contribution >= 4 is 27.5 Å². The van der Waals surface area contributed by atoms with E-state index in [2.05, 4.69) is 34.0 Å². The summed E-state index contributed by atoms with van der Waals surface area (Å²) in [6.45, 7) is 8.51. The minimum Gasteiger partial charge on any atom is -0.480 e. The van der Waals surface area contributed by atoms with E-state index in [9.17, 15) is 4.79 Å². The molecule has 1 atom stereocenters. The topological polar surface area (TPSA) is 76.6 Å². The van der Waals surface area contributed by atoms with Crippen molar-refractivity contribution in [3.05, 3.63) is 16.3 Å². The summed E-state index contributed by atoms with van der Waals surface area (Å²) in [7, 11) is 3.18. The third-order valence-electron chi connectivity index (χ3n) is 4.76. The van der Waals surface area contributed by atoms with E-state index in [1.54, 1.807) is 14.2 Å². The van der Waals surface area contributed by atoms with Gasteiger partial charge in [-0.2, -0.15) is 4.98 Å². The number of amides is 1. The molecule has 0 aromatic carbocycles. The van der Waals surface area contributed by atoms with Gasteiger partial charge in [0.2, 0.25) is 5.88 Å². The molecule has 2 aromatic heterocycles. The van der Waals surface area contributed by atoms with Crippen molar-refractivity contribution in [3.63, 3.8) is 0 Å². The molecule has 26 heavy (non-hydrogen) atoms. The lowest BCUT2D eigenvalue weighted by Gasteiger charge is -2.20. The number of thiophene rings is 1. The number of ether oxygens (including phenoxy) is 2. The Morgan fingerprint density at radius 3 is 2.77 bits per heavy atom. The predicted octanol–water partition coefficient (Wildman–Crippen LogP) is 2.37. The van der Waals surface area contributed by atoms with Gasteiger partial charge in [-0.15, -0.1) is 11.3 Å². The average Bonchev–Trinajstić information content (AvgIpc) is 3.19. The Hall–Kier alpha value is -1.77. The summed E-state index contributed by atoms with van der Waals surface area (Å²) in [5.41, 5.74) is 0.863. The van der Waals surface area contributed by atoms with Gasteiger partial charge in [0, 0.05) is 32.3 Å². The maximum absolute atomic E-state index is 12.8. The fraction of sp³-hybridized carbons (Fsp3) is 0.611. The van der Waals surface area contributed by atoms with E-state index in [1.165, 1.54) is 11.3 Å². The van der Waals surface area contributed by atoms with E-state index < -0.39 is 0 Å². The first kappa shape index (κ1) is 19.0. The van der Waals surface area contributed by atoms with Gasteiger partial charge in [-0.05, 0) is 32.8 Å². The zero-order valence-electron chi connectivity index (χ0n) is 16.0. The van der Waals surface area contributed by atoms with Crippen LogP contribution in [-0.4, -0.2) is 60.2 Å². The fourth-order valence-corrected chi connectivity index (χ4v) is 4.42. The molecule has 7 nitrogen and oxygen atoms in total. The monoisotopic (exact) mass is 378 g/mol. The Kier molecular flexibility index (Phi) is 5.74. The molecule has 0 radical (unpaired) electrons. The van der Waals surface area contributed by atoms with Gasteiger partial charge in [0.15, 0.2) is 5.82 Å². The number of nitrogens with one attached hydrogen (secondary N) is 1. The van der Waals surface area contributed by atoms with Gasteiger partial charge in [-0.25, -0.2) is 4.98 Å². The molecule has 0 saturated carbocycles. The Labute approximate surface area is 157 Å². The SMILES string of the molecule is COCc1nc(OC)c2c(C)c(C(=O)NC3CCN(C(C)C)C3)sc2n1. The second-order valence-corrected chi connectivity index (χ2v) is 7.87. The van der Waals surface area contributed by atoms with Crippen molar-refractivity contribution in [1.82, 2.24) is 20.2 Å². The highest BCUT2D eigenvalue weighted by Gasteiger charge is 2.27. The van der Waals surface area contributed by atoms with Crippen LogP contribution in [0.1, 0.15) is 41.3 Å². The third kappa shape index (κ3) is 3.67. The number of carbonyl (C=O) groups excluding carboxylic acids is 1. The van der Waals surface area contributed by atoms with Crippen molar-refractivity contribution in [2.75, 3.05) is 27.3 Å². The van der Waals surface area contributed by atoms with E-state index >= 15 is 0 Å². The summed E-state index contributed by atoms with van der Waals surface area (Å²) in [6.07, 6.45) is 0.981. The van der Waals surface area contributed by atoms with E-state index in [-0.39, 0.29) is 11.9 Å². The van der Waals surface area contributed by atoms with E-state index in [0.29, 0.717) is 29.2 Å². The van der Waals surface area contributed by atoms with E-state index in [1.807, 2.05) is 6.92 Å². The number of methoxy groups -OCH3 is 2. The lowest BCUT2D eigenvalue weighted by molar-refractivity contribution is 0.0940. The number of nitrogens with zero attached hydrogens (tertiary/aromatic N) is 3. The molecule has 1 aliphatic rings. The Bertz CT molecular complexity index is 805. The van der Waals surface area contributed by atoms with Crippen LogP contribution in [0.15, 0.2) is 0 Å². The number of rotatable bonds is 6. The summed E-state index contributed by atoms with van der Waals surface area (Å²) in [5, 5.41) is 3.98. The van der Waals surface area contributed by atoms with Crippen molar-refractivity contribution < 1.29 is 14.3 Å². The first-order valence-electron chi connectivity index (χ1n) is 8.82. The number of hydrogen-bond donors (Lipinski definition) is 1. The van der Waals surface area contributed by atoms with Gasteiger partial charge in [-0.3, -0.25) is 9.69 Å². The van der Waals surface area contributed by atoms with Crippen LogP contribution in [-0.2, 0) is 11.3 Å². The van der Waals surface area contributed by atoms with Crippen LogP contribution in [0.2, 0.25) is 0 Å². The number of hydrogen-bond acceptors (Lipinski definition) is 7. The minimum atomic E-state index is -0.0450. The molecule has 1 amide bonds. The maximum atomic E-state index is 12.8. The second-order valence-electron chi connectivity index (χ2n) is 6.87. The highest BCUT2D eigenvalue weighted by Crippen LogP contribution is 2.35. The molecule has 1 fully saturated rings. The summed E-state index contributed by atoms with van der Waals surface area (Å²) >= 11 is 1.38. The molecule has 0 bridgehead atoms. The van der Waals surface area contributed by atoms with Crippen LogP contribution in [0.3, 0.4) is 0 Å². The zero-order valence-corrected chi connectivity index (χ0v) is 16.8. The summed E-state index contributed by atoms with van der Waals surface area (Å²) < 4.78 is 10.5. The summed E-state index contributed by atoms with van der Waals surface area (Å²) in [5.74, 6) is 0.992. The van der Waals surface area contributed by atoms with Crippen LogP contribution >= 0.6 is 11.3 Å². The van der Waals surface area contributed by atoms with Gasteiger partial charge in [0.1, 0.15) is 11.4 Å². The van der Waals surface area contributed by atoms with Crippen LogP contribution in [0.5, 0.6) is 5.88 Å². The molecule has 1 unspecified atom stereocenters. The molecule has 8 heteroatoms. The Morgan fingerprint density at radius 2 is 2.15 bits per heavy atom. The van der Waals surface area contributed by atoms with Crippen molar-refractivity contribution in [2.45, 2.75) is 45.9 Å². The molecular weight excluding hydrogens is 352 g/mol. The Morgan fingerprint density at radius 1 is 1.38 bits per heavy atom. The normalized spacial score (nSPS) is 18.0. The summed E-state index contributed by atoms with van der Waals surface area (Å²) in [6, 6.07) is 0.688. The lowest BCUT2D eigenvalue weighted by atomic mass is 10.2. The summed E-state index contributed by atoms with van der Waals surface area (Å²) in [4.78, 5) is 25.6. The van der Waals surface area contributed by atoms with Gasteiger partial charge in [0.05, 0.1) is 17.4 Å². The standard InChI is InChI=1S/C18H26N4O3S/c1-10(2)22-7-6-12(8-22)19-16(23)15-11(3)14-17(25-5)20-13(9-24-4)21-18(14)26-15/h10,12H,6-9H2,1-5H3,(H,19,23). The second kappa shape index (κ2) is 7.85. The molecule has 142 valence electrons. The average molecular weight is 378 g/mol. The molecule has 0 aliphatic carbocycles. The van der Waals surface area contributed by atoms with E-state index in [0.717, 1.165) is 35.3 Å². The van der Waals surface area contributed by atoms with Crippen LogP contribution in [0, 0.1) is 6.92 Å². The predicted molar refractivity (Wildman–Crippen MR) is 102 cm³/mol. The molecular formula is C18H26N4O3S. The molecule has 0 spiro atoms. The first-order valence-corrected chi connectivity index (χ1v) is 9.64. The highest BCUT2D eigenvalue weighted by atomic mass is 32.1. The maximum Gasteiger partial charge on any atom is 0.261 e. The minimum absolute atomic E-state index is 0.0450. The number of carbonyl (C=O) groups is 1. The van der Waals surface area contributed by atoms with Crippen LogP contribution in [0.25, 0.3) is 10.2 Å². The molecule has 3 heterocycles. The van der Waals surface area contributed by atoms with Gasteiger partial charge >= 0.3 is 0 Å². The first-order chi connectivity index (χ1) is 12.4. The Balaban J connectivity index is 1.85. The molecule has 1 saturated heterocycles. The third-order valence-corrected chi connectivity index (χ3v) is 5.95. The lowest BCUT2D eigenvalue weighted by Crippen LogP contribution is -2.38. The van der Waals surface area contributed by atoms with Gasteiger partial charge in [-0.1, -0.05) is 0 Å². The fourth-order valence-electron chi connectivity index (χ4n) is 3.33. The molecule has 1 aliphatic heterocycles. The number of aryl methyl sites for hydroxylation is 1. The van der Waals surface area contributed by atoms with Crippen LogP contribution in [0.4, 0.5) is 0 Å². The van der Waals surface area contributed by atoms with Crippen molar-refractivity contribution in [3.8, 4) is 5.88 Å². The van der Waals surface area contributed by atoms with Gasteiger partial charge in [0.25, 0.3) is 5.91 Å².